The molecular weight excluding hydrogens is 903 g/mol. The van der Waals surface area contributed by atoms with Gasteiger partial charge in [-0.05, 0) is 129 Å². The average Bonchev–Trinajstić information content (AvgIpc) is 4.07. The van der Waals surface area contributed by atoms with E-state index in [1.807, 2.05) is 55.5 Å². The van der Waals surface area contributed by atoms with Crippen molar-refractivity contribution in [3.63, 3.8) is 0 Å². The summed E-state index contributed by atoms with van der Waals surface area (Å²) in [5, 5.41) is 6.50. The number of pyridine rings is 2. The summed E-state index contributed by atoms with van der Waals surface area (Å²) in [5.74, 6) is -0.624. The minimum Gasteiger partial charge on any atom is -0.373 e. The van der Waals surface area contributed by atoms with Crippen molar-refractivity contribution in [1.29, 1.82) is 0 Å². The molecule has 11 rings (SSSR count). The number of fused-ring (bicyclic) bond motifs is 3. The number of aryl methyl sites for hydroxylation is 2. The van der Waals surface area contributed by atoms with Crippen molar-refractivity contribution >= 4 is 51.7 Å². The molecule has 1 unspecified atom stereocenters. The number of amides is 4. The van der Waals surface area contributed by atoms with Gasteiger partial charge < -0.3 is 19.7 Å². The number of carbonyl (C=O) groups is 4. The maximum atomic E-state index is 16.1. The first kappa shape index (κ1) is 47.0. The molecule has 8 heterocycles. The fourth-order valence-electron chi connectivity index (χ4n) is 12.2. The lowest BCUT2D eigenvalue weighted by molar-refractivity contribution is -0.135. The second kappa shape index (κ2) is 18.7. The maximum absolute atomic E-state index is 16.1. The Morgan fingerprint density at radius 2 is 1.68 bits per heavy atom. The molecule has 4 fully saturated rings. The molecule has 370 valence electrons. The summed E-state index contributed by atoms with van der Waals surface area (Å²) < 4.78 is 34.1. The Morgan fingerprint density at radius 1 is 0.901 bits per heavy atom. The molecule has 16 heteroatoms. The Balaban J connectivity index is 0.665. The monoisotopic (exact) mass is 964 g/mol. The number of anilines is 2. The van der Waals surface area contributed by atoms with Gasteiger partial charge in [0.2, 0.25) is 17.7 Å². The van der Waals surface area contributed by atoms with E-state index in [1.165, 1.54) is 17.0 Å². The minimum absolute atomic E-state index is 0.0968. The van der Waals surface area contributed by atoms with Crippen molar-refractivity contribution in [3.8, 4) is 11.1 Å². The molecule has 5 aliphatic heterocycles. The van der Waals surface area contributed by atoms with Crippen LogP contribution < -0.4 is 15.5 Å². The number of nitrogens with zero attached hydrogens (tertiary/aromatic N) is 8. The number of piperidine rings is 2. The van der Waals surface area contributed by atoms with E-state index < -0.39 is 17.4 Å². The van der Waals surface area contributed by atoms with E-state index in [1.54, 1.807) is 0 Å². The second-order valence-corrected chi connectivity index (χ2v) is 20.7. The van der Waals surface area contributed by atoms with Gasteiger partial charge in [0, 0.05) is 138 Å². The molecule has 3 aromatic heterocycles. The van der Waals surface area contributed by atoms with Crippen LogP contribution in [0.15, 0.2) is 67.0 Å². The summed E-state index contributed by atoms with van der Waals surface area (Å²) in [4.78, 5) is 71.8. The van der Waals surface area contributed by atoms with E-state index in [2.05, 4.69) is 67.1 Å². The highest BCUT2D eigenvalue weighted by molar-refractivity contribution is 6.15. The normalized spacial score (nSPS) is 21.5. The Morgan fingerprint density at radius 3 is 2.35 bits per heavy atom. The van der Waals surface area contributed by atoms with E-state index in [-0.39, 0.29) is 48.2 Å². The lowest BCUT2D eigenvalue weighted by atomic mass is 9.92. The van der Waals surface area contributed by atoms with Crippen LogP contribution in [0, 0.1) is 24.5 Å². The number of halogens is 2. The van der Waals surface area contributed by atoms with Gasteiger partial charge in [0.25, 0.3) is 5.91 Å². The standard InChI is InChI=1S/C55H62F2N10O4/c1-33-25-38(27-44(57)50(33)36-12-19-65(20-13-36)34(2)46-28-41-40(9-16-59-51(41)62(46)4)37-5-7-48(58-3)60-30-37)53(70)66-17-10-35(11-18-66)31-63-21-23-64(24-22-63)32-39-26-42-47(29-43(39)56)67(54(71)55(42)14-15-55)45-6-8-49(68)61-52(45)69/h5,7,9,12,16,25-30,34-35,45H,6,8,10-11,13-15,17-24,31-32H2,1-4H3,(H,58,60)(H,61,68,69)/t34-,45?/m0/s1. The van der Waals surface area contributed by atoms with Gasteiger partial charge in [-0.1, -0.05) is 6.08 Å². The van der Waals surface area contributed by atoms with Crippen LogP contribution in [0.1, 0.15) is 96.2 Å². The number of benzene rings is 2. The van der Waals surface area contributed by atoms with Crippen LogP contribution in [0.2, 0.25) is 0 Å². The molecule has 2 N–H and O–H groups in total. The molecule has 0 radical (unpaired) electrons. The first-order valence-corrected chi connectivity index (χ1v) is 25.4. The van der Waals surface area contributed by atoms with Gasteiger partial charge in [-0.15, -0.1) is 0 Å². The van der Waals surface area contributed by atoms with Crippen LogP contribution in [0.25, 0.3) is 27.7 Å². The molecule has 1 saturated carbocycles. The zero-order chi connectivity index (χ0) is 49.3. The fourth-order valence-corrected chi connectivity index (χ4v) is 12.2. The quantitative estimate of drug-likeness (QED) is 0.134. The van der Waals surface area contributed by atoms with Gasteiger partial charge >= 0.3 is 0 Å². The predicted molar refractivity (Wildman–Crippen MR) is 269 cm³/mol. The molecule has 14 nitrogen and oxygen atoms in total. The highest BCUT2D eigenvalue weighted by Crippen LogP contribution is 2.58. The number of carbonyl (C=O) groups excluding carboxylic acids is 4. The van der Waals surface area contributed by atoms with Crippen LogP contribution in [0.3, 0.4) is 0 Å². The van der Waals surface area contributed by atoms with Gasteiger partial charge in [0.05, 0.1) is 11.1 Å². The number of imide groups is 1. The first-order chi connectivity index (χ1) is 34.3. The van der Waals surface area contributed by atoms with Crippen LogP contribution >= 0.6 is 0 Å². The van der Waals surface area contributed by atoms with Gasteiger partial charge in [0.15, 0.2) is 0 Å². The number of piperazine rings is 1. The number of aromatic nitrogens is 3. The third kappa shape index (κ3) is 8.60. The largest absolute Gasteiger partial charge is 0.373 e. The van der Waals surface area contributed by atoms with Crippen molar-refractivity contribution in [2.75, 3.05) is 76.2 Å². The van der Waals surface area contributed by atoms with E-state index in [9.17, 15) is 19.2 Å². The average molecular weight is 965 g/mol. The van der Waals surface area contributed by atoms with E-state index >= 15 is 8.78 Å². The van der Waals surface area contributed by atoms with Crippen molar-refractivity contribution < 1.29 is 28.0 Å². The highest BCUT2D eigenvalue weighted by Gasteiger charge is 2.61. The zero-order valence-corrected chi connectivity index (χ0v) is 41.1. The summed E-state index contributed by atoms with van der Waals surface area (Å²) in [7, 11) is 3.92. The molecule has 6 aliphatic rings. The molecule has 4 amide bonds. The Labute approximate surface area is 413 Å². The maximum Gasteiger partial charge on any atom is 0.253 e. The first-order valence-electron chi connectivity index (χ1n) is 25.4. The van der Waals surface area contributed by atoms with Gasteiger partial charge in [0.1, 0.15) is 29.1 Å². The van der Waals surface area contributed by atoms with Crippen LogP contribution in [-0.4, -0.2) is 130 Å². The zero-order valence-electron chi connectivity index (χ0n) is 41.1. The summed E-state index contributed by atoms with van der Waals surface area (Å²) in [6.45, 7) is 11.5. The van der Waals surface area contributed by atoms with Gasteiger partial charge in [-0.2, -0.15) is 0 Å². The Bertz CT molecular complexity index is 2960. The minimum atomic E-state index is -0.811. The summed E-state index contributed by atoms with van der Waals surface area (Å²) in [5.41, 5.74) is 8.06. The van der Waals surface area contributed by atoms with Crippen molar-refractivity contribution in [2.45, 2.75) is 82.8 Å². The van der Waals surface area contributed by atoms with E-state index in [0.717, 1.165) is 102 Å². The lowest BCUT2D eigenvalue weighted by Gasteiger charge is -2.39. The molecule has 1 aliphatic carbocycles. The number of rotatable bonds is 11. The molecule has 71 heavy (non-hydrogen) atoms. The van der Waals surface area contributed by atoms with E-state index in [4.69, 9.17) is 4.98 Å². The molecule has 5 aromatic rings. The van der Waals surface area contributed by atoms with Crippen LogP contribution in [-0.2, 0) is 33.4 Å². The fraction of sp³-hybridized carbons (Fsp3) is 0.455. The van der Waals surface area contributed by atoms with Crippen molar-refractivity contribution in [2.24, 2.45) is 13.0 Å². The smallest absolute Gasteiger partial charge is 0.253 e. The highest BCUT2D eigenvalue weighted by atomic mass is 19.1. The Hall–Kier alpha value is -6.36. The third-order valence-corrected chi connectivity index (χ3v) is 16.5. The summed E-state index contributed by atoms with van der Waals surface area (Å²) >= 11 is 0. The van der Waals surface area contributed by atoms with Crippen molar-refractivity contribution in [3.05, 3.63) is 112 Å². The lowest BCUT2D eigenvalue weighted by Crippen LogP contribution is -2.54. The van der Waals surface area contributed by atoms with Crippen LogP contribution in [0.5, 0.6) is 0 Å². The summed E-state index contributed by atoms with van der Waals surface area (Å²) in [6.07, 6.45) is 10.0. The summed E-state index contributed by atoms with van der Waals surface area (Å²) in [6, 6.07) is 14.2. The van der Waals surface area contributed by atoms with Crippen molar-refractivity contribution in [1.82, 2.24) is 39.5 Å². The topological polar surface area (TPSA) is 139 Å². The number of hydrogen-bond donors (Lipinski definition) is 2. The van der Waals surface area contributed by atoms with Gasteiger partial charge in [-0.3, -0.25) is 39.2 Å². The van der Waals surface area contributed by atoms with E-state index in [0.29, 0.717) is 73.7 Å². The molecule has 3 saturated heterocycles. The Kier molecular flexibility index (Phi) is 12.4. The molecule has 1 spiro atoms. The predicted octanol–water partition coefficient (Wildman–Crippen LogP) is 6.97. The number of likely N-dealkylation sites (tertiary alicyclic amines) is 1. The molecule has 2 aromatic carbocycles. The SMILES string of the molecule is CNc1ccc(-c2ccnc3c2cc([C@H](C)N2CC=C(c4c(C)cc(C(=O)N5CCC(CN6CCN(Cc7cc8c(cc7F)N(C7CCC(=O)NC7=O)C(=O)C87CC7)CC6)CC5)cc4F)CC2)n3C)cn1. The molecule has 2 atom stereocenters. The van der Waals surface area contributed by atoms with Gasteiger partial charge in [-0.25, -0.2) is 18.7 Å². The van der Waals surface area contributed by atoms with Crippen LogP contribution in [0.4, 0.5) is 20.3 Å². The number of nitrogens with one attached hydrogen (secondary N) is 2. The molecular formula is C55H62F2N10O4. The third-order valence-electron chi connectivity index (χ3n) is 16.5. The second-order valence-electron chi connectivity index (χ2n) is 20.7. The number of hydrogen-bond acceptors (Lipinski definition) is 10. The molecule has 0 bridgehead atoms.